The van der Waals surface area contributed by atoms with Crippen LogP contribution in [0.5, 0.6) is 0 Å². The van der Waals surface area contributed by atoms with Crippen molar-refractivity contribution in [3.8, 4) is 0 Å². The summed E-state index contributed by atoms with van der Waals surface area (Å²) in [5.41, 5.74) is 0. The highest BCUT2D eigenvalue weighted by Crippen LogP contribution is 2.16. The Bertz CT molecular complexity index is 318. The summed E-state index contributed by atoms with van der Waals surface area (Å²) in [7, 11) is 0. The van der Waals surface area contributed by atoms with Crippen LogP contribution < -0.4 is 0 Å². The minimum absolute atomic E-state index is 0.0852. The second-order valence-corrected chi connectivity index (χ2v) is 5.80. The molecule has 1 rings (SSSR count). The van der Waals surface area contributed by atoms with Gasteiger partial charge in [-0.1, -0.05) is 6.92 Å². The van der Waals surface area contributed by atoms with E-state index < -0.39 is 5.97 Å². The van der Waals surface area contributed by atoms with Crippen LogP contribution in [0.1, 0.15) is 40.0 Å². The predicted octanol–water partition coefficient (Wildman–Crippen LogP) is 1.43. The molecule has 1 N–H and O–H groups in total. The van der Waals surface area contributed by atoms with E-state index in [0.29, 0.717) is 19.0 Å². The molecule has 5 nitrogen and oxygen atoms in total. The normalized spacial score (nSPS) is 20.1. The van der Waals surface area contributed by atoms with Gasteiger partial charge in [-0.05, 0) is 32.6 Å². The second kappa shape index (κ2) is 7.48. The number of piperidine rings is 1. The molecule has 1 aliphatic rings. The zero-order valence-corrected chi connectivity index (χ0v) is 12.3. The number of aliphatic carboxylic acids is 1. The Morgan fingerprint density at radius 3 is 2.63 bits per heavy atom. The number of carbonyl (C=O) groups is 2. The van der Waals surface area contributed by atoms with Gasteiger partial charge in [-0.25, -0.2) is 0 Å². The molecule has 0 aromatic heterocycles. The largest absolute Gasteiger partial charge is 0.481 e. The van der Waals surface area contributed by atoms with E-state index in [1.807, 2.05) is 23.6 Å². The van der Waals surface area contributed by atoms with Crippen LogP contribution in [0, 0.1) is 5.92 Å². The molecule has 0 bridgehead atoms. The van der Waals surface area contributed by atoms with Crippen LogP contribution in [-0.2, 0) is 9.59 Å². The molecule has 1 aliphatic heterocycles. The minimum atomic E-state index is -0.815. The monoisotopic (exact) mass is 270 g/mol. The van der Waals surface area contributed by atoms with Crippen LogP contribution in [-0.4, -0.2) is 59.0 Å². The molecule has 1 amide bonds. The standard InChI is InChI=1S/C14H26N2O3/c1-11(2)15(8-6-14(18)19)10-13(17)16-7-4-5-12(3)9-16/h11-12H,4-10H2,1-3H3,(H,18,19). The molecule has 1 unspecified atom stereocenters. The van der Waals surface area contributed by atoms with Crippen LogP contribution in [0.2, 0.25) is 0 Å². The van der Waals surface area contributed by atoms with E-state index in [4.69, 9.17) is 5.11 Å². The van der Waals surface area contributed by atoms with Crippen LogP contribution in [0.4, 0.5) is 0 Å². The number of hydrogen-bond donors (Lipinski definition) is 1. The molecule has 0 saturated carbocycles. The molecule has 110 valence electrons. The molecule has 0 spiro atoms. The zero-order chi connectivity index (χ0) is 14.4. The lowest BCUT2D eigenvalue weighted by Gasteiger charge is -2.34. The molecule has 0 aliphatic carbocycles. The molecule has 19 heavy (non-hydrogen) atoms. The predicted molar refractivity (Wildman–Crippen MR) is 73.9 cm³/mol. The van der Waals surface area contributed by atoms with Crippen molar-refractivity contribution in [2.24, 2.45) is 5.92 Å². The molecule has 1 heterocycles. The van der Waals surface area contributed by atoms with Crippen molar-refractivity contribution in [3.05, 3.63) is 0 Å². The van der Waals surface area contributed by atoms with Gasteiger partial charge in [0.2, 0.25) is 5.91 Å². The minimum Gasteiger partial charge on any atom is -0.481 e. The number of nitrogens with zero attached hydrogens (tertiary/aromatic N) is 2. The molecule has 0 aromatic rings. The van der Waals surface area contributed by atoms with Crippen LogP contribution >= 0.6 is 0 Å². The molecular weight excluding hydrogens is 244 g/mol. The van der Waals surface area contributed by atoms with E-state index in [1.54, 1.807) is 0 Å². The highest BCUT2D eigenvalue weighted by Gasteiger charge is 2.23. The first-order valence-electron chi connectivity index (χ1n) is 7.13. The smallest absolute Gasteiger partial charge is 0.304 e. The van der Waals surface area contributed by atoms with Gasteiger partial charge in [-0.15, -0.1) is 0 Å². The van der Waals surface area contributed by atoms with Gasteiger partial charge in [-0.2, -0.15) is 0 Å². The molecule has 1 atom stereocenters. The Kier molecular flexibility index (Phi) is 6.28. The quantitative estimate of drug-likeness (QED) is 0.793. The molecule has 1 saturated heterocycles. The summed E-state index contributed by atoms with van der Waals surface area (Å²) in [4.78, 5) is 26.7. The fourth-order valence-electron chi connectivity index (χ4n) is 2.45. The van der Waals surface area contributed by atoms with Crippen molar-refractivity contribution in [3.63, 3.8) is 0 Å². The lowest BCUT2D eigenvalue weighted by atomic mass is 10.0. The number of rotatable bonds is 6. The van der Waals surface area contributed by atoms with Crippen molar-refractivity contribution < 1.29 is 14.7 Å². The number of carboxylic acids is 1. The maximum Gasteiger partial charge on any atom is 0.304 e. The van der Waals surface area contributed by atoms with Crippen molar-refractivity contribution >= 4 is 11.9 Å². The first-order chi connectivity index (χ1) is 8.90. The van der Waals surface area contributed by atoms with Crippen LogP contribution in [0.3, 0.4) is 0 Å². The summed E-state index contributed by atoms with van der Waals surface area (Å²) in [6, 6.07) is 0.186. The lowest BCUT2D eigenvalue weighted by molar-refractivity contribution is -0.139. The fraction of sp³-hybridized carbons (Fsp3) is 0.857. The Morgan fingerprint density at radius 1 is 1.42 bits per heavy atom. The van der Waals surface area contributed by atoms with E-state index in [2.05, 4.69) is 6.92 Å². The van der Waals surface area contributed by atoms with Gasteiger partial charge >= 0.3 is 5.97 Å². The lowest BCUT2D eigenvalue weighted by Crippen LogP contribution is -2.46. The van der Waals surface area contributed by atoms with Crippen molar-refractivity contribution in [2.75, 3.05) is 26.2 Å². The maximum atomic E-state index is 12.2. The summed E-state index contributed by atoms with van der Waals surface area (Å²) in [5, 5.41) is 8.74. The van der Waals surface area contributed by atoms with Crippen molar-refractivity contribution in [1.29, 1.82) is 0 Å². The van der Waals surface area contributed by atoms with E-state index in [1.165, 1.54) is 6.42 Å². The Labute approximate surface area is 115 Å². The topological polar surface area (TPSA) is 60.9 Å². The van der Waals surface area contributed by atoms with Crippen molar-refractivity contribution in [2.45, 2.75) is 46.1 Å². The van der Waals surface area contributed by atoms with E-state index in [0.717, 1.165) is 19.5 Å². The van der Waals surface area contributed by atoms with Gasteiger partial charge in [-0.3, -0.25) is 14.5 Å². The number of likely N-dealkylation sites (tertiary alicyclic amines) is 1. The Balaban J connectivity index is 2.48. The number of carboxylic acid groups (broad SMARTS) is 1. The van der Waals surface area contributed by atoms with Gasteiger partial charge in [0.15, 0.2) is 0 Å². The summed E-state index contributed by atoms with van der Waals surface area (Å²) in [6.45, 7) is 8.60. The SMILES string of the molecule is CC1CCCN(C(=O)CN(CCC(=O)O)C(C)C)C1. The second-order valence-electron chi connectivity index (χ2n) is 5.80. The van der Waals surface area contributed by atoms with Crippen LogP contribution in [0.25, 0.3) is 0 Å². The fourth-order valence-corrected chi connectivity index (χ4v) is 2.45. The highest BCUT2D eigenvalue weighted by atomic mass is 16.4. The van der Waals surface area contributed by atoms with E-state index >= 15 is 0 Å². The number of carbonyl (C=O) groups excluding carboxylic acids is 1. The molecule has 0 radical (unpaired) electrons. The summed E-state index contributed by atoms with van der Waals surface area (Å²) < 4.78 is 0. The summed E-state index contributed by atoms with van der Waals surface area (Å²) in [6.07, 6.45) is 2.35. The summed E-state index contributed by atoms with van der Waals surface area (Å²) >= 11 is 0. The maximum absolute atomic E-state index is 12.2. The molecular formula is C14H26N2O3. The van der Waals surface area contributed by atoms with Crippen LogP contribution in [0.15, 0.2) is 0 Å². The Morgan fingerprint density at radius 2 is 2.11 bits per heavy atom. The van der Waals surface area contributed by atoms with E-state index in [9.17, 15) is 9.59 Å². The zero-order valence-electron chi connectivity index (χ0n) is 12.3. The van der Waals surface area contributed by atoms with Gasteiger partial charge in [0.25, 0.3) is 0 Å². The van der Waals surface area contributed by atoms with Gasteiger partial charge in [0.1, 0.15) is 0 Å². The average molecular weight is 270 g/mol. The van der Waals surface area contributed by atoms with Gasteiger partial charge < -0.3 is 10.0 Å². The molecule has 1 fully saturated rings. The average Bonchev–Trinajstić information content (AvgIpc) is 2.33. The first-order valence-corrected chi connectivity index (χ1v) is 7.13. The first kappa shape index (κ1) is 16.0. The number of hydrogen-bond acceptors (Lipinski definition) is 3. The third-order valence-electron chi connectivity index (χ3n) is 3.69. The van der Waals surface area contributed by atoms with Crippen molar-refractivity contribution in [1.82, 2.24) is 9.80 Å². The van der Waals surface area contributed by atoms with Gasteiger partial charge in [0, 0.05) is 25.7 Å². The number of amides is 1. The third kappa shape index (κ3) is 5.59. The van der Waals surface area contributed by atoms with E-state index in [-0.39, 0.29) is 18.4 Å². The molecule has 0 aromatic carbocycles. The Hall–Kier alpha value is -1.10. The third-order valence-corrected chi connectivity index (χ3v) is 3.69. The van der Waals surface area contributed by atoms with Gasteiger partial charge in [0.05, 0.1) is 13.0 Å². The highest BCUT2D eigenvalue weighted by molar-refractivity contribution is 5.78. The summed E-state index contributed by atoms with van der Waals surface area (Å²) in [5.74, 6) is -0.112. The molecule has 5 heteroatoms.